The summed E-state index contributed by atoms with van der Waals surface area (Å²) in [4.78, 5) is 12.8. The number of carboxylic acids is 1. The summed E-state index contributed by atoms with van der Waals surface area (Å²) in [5.74, 6) is -1.05. The van der Waals surface area contributed by atoms with Crippen molar-refractivity contribution in [3.8, 4) is 0 Å². The highest BCUT2D eigenvalue weighted by atomic mass is 32.2. The molecule has 0 spiro atoms. The number of H-pyrrole nitrogens is 1. The van der Waals surface area contributed by atoms with Crippen LogP contribution in [-0.2, 0) is 10.0 Å². The molecular weight excluding hydrogens is 260 g/mol. The number of aliphatic hydroxyl groups excluding tert-OH is 1. The van der Waals surface area contributed by atoms with Gasteiger partial charge in [-0.05, 0) is 24.8 Å². The first-order chi connectivity index (χ1) is 8.40. The maximum Gasteiger partial charge on any atom is 0.352 e. The highest BCUT2D eigenvalue weighted by molar-refractivity contribution is 7.89. The van der Waals surface area contributed by atoms with E-state index < -0.39 is 22.1 Å². The predicted octanol–water partition coefficient (Wildman–Crippen LogP) is -0.238. The van der Waals surface area contributed by atoms with Gasteiger partial charge in [0.05, 0.1) is 6.10 Å². The van der Waals surface area contributed by atoms with E-state index in [-0.39, 0.29) is 23.1 Å². The highest BCUT2D eigenvalue weighted by Crippen LogP contribution is 2.32. The van der Waals surface area contributed by atoms with Crippen molar-refractivity contribution in [3.05, 3.63) is 18.0 Å². The quantitative estimate of drug-likeness (QED) is 0.571. The molecule has 0 saturated heterocycles. The first-order valence-electron chi connectivity index (χ1n) is 5.49. The first-order valence-corrected chi connectivity index (χ1v) is 6.98. The number of carboxylic acid groups (broad SMARTS) is 1. The summed E-state index contributed by atoms with van der Waals surface area (Å²) in [7, 11) is -3.78. The number of nitrogens with one attached hydrogen (secondary N) is 2. The molecule has 1 fully saturated rings. The average molecular weight is 274 g/mol. The zero-order chi connectivity index (χ0) is 13.3. The summed E-state index contributed by atoms with van der Waals surface area (Å²) < 4.78 is 25.8. The van der Waals surface area contributed by atoms with Gasteiger partial charge in [-0.25, -0.2) is 17.9 Å². The van der Waals surface area contributed by atoms with E-state index in [1.807, 2.05) is 0 Å². The van der Waals surface area contributed by atoms with Crippen LogP contribution in [0.25, 0.3) is 0 Å². The number of hydrogen-bond acceptors (Lipinski definition) is 4. The van der Waals surface area contributed by atoms with Gasteiger partial charge in [0.1, 0.15) is 10.6 Å². The monoisotopic (exact) mass is 274 g/mol. The third-order valence-corrected chi connectivity index (χ3v) is 4.25. The average Bonchev–Trinajstić information content (AvgIpc) is 3.02. The van der Waals surface area contributed by atoms with Gasteiger partial charge in [0.25, 0.3) is 0 Å². The molecule has 1 aliphatic carbocycles. The molecule has 0 aliphatic heterocycles. The smallest absolute Gasteiger partial charge is 0.352 e. The van der Waals surface area contributed by atoms with Crippen LogP contribution in [0.5, 0.6) is 0 Å². The summed E-state index contributed by atoms with van der Waals surface area (Å²) in [6.07, 6.45) is 2.25. The lowest BCUT2D eigenvalue weighted by molar-refractivity contribution is 0.0691. The molecule has 4 N–H and O–H groups in total. The van der Waals surface area contributed by atoms with E-state index in [0.717, 1.165) is 25.1 Å². The molecule has 100 valence electrons. The molecule has 18 heavy (non-hydrogen) atoms. The Morgan fingerprint density at radius 3 is 2.72 bits per heavy atom. The van der Waals surface area contributed by atoms with Crippen molar-refractivity contribution in [2.24, 2.45) is 5.92 Å². The van der Waals surface area contributed by atoms with Gasteiger partial charge >= 0.3 is 5.97 Å². The number of aromatic nitrogens is 1. The van der Waals surface area contributed by atoms with E-state index in [9.17, 15) is 18.3 Å². The van der Waals surface area contributed by atoms with Crippen molar-refractivity contribution in [2.45, 2.75) is 23.8 Å². The molecule has 0 bridgehead atoms. The van der Waals surface area contributed by atoms with Crippen LogP contribution in [0.2, 0.25) is 0 Å². The molecule has 0 radical (unpaired) electrons. The van der Waals surface area contributed by atoms with Gasteiger partial charge in [0.15, 0.2) is 0 Å². The van der Waals surface area contributed by atoms with Gasteiger partial charge in [0.2, 0.25) is 10.0 Å². The minimum atomic E-state index is -3.78. The summed E-state index contributed by atoms with van der Waals surface area (Å²) in [5, 5.41) is 18.2. The van der Waals surface area contributed by atoms with Crippen molar-refractivity contribution < 1.29 is 23.4 Å². The predicted molar refractivity (Wildman–Crippen MR) is 61.7 cm³/mol. The highest BCUT2D eigenvalue weighted by Gasteiger charge is 2.30. The van der Waals surface area contributed by atoms with Crippen molar-refractivity contribution in [3.63, 3.8) is 0 Å². The molecule has 1 aromatic rings. The van der Waals surface area contributed by atoms with Crippen molar-refractivity contribution >= 4 is 16.0 Å². The van der Waals surface area contributed by atoms with E-state index in [1.54, 1.807) is 0 Å². The van der Waals surface area contributed by atoms with Gasteiger partial charge in [-0.3, -0.25) is 0 Å². The minimum absolute atomic E-state index is 0.0550. The molecular formula is C10H14N2O5S. The molecule has 0 amide bonds. The van der Waals surface area contributed by atoms with Crippen LogP contribution in [-0.4, -0.2) is 42.2 Å². The van der Waals surface area contributed by atoms with Crippen LogP contribution in [0.4, 0.5) is 0 Å². The number of sulfonamides is 1. The molecule has 1 saturated carbocycles. The SMILES string of the molecule is O=C(O)c1cc(S(=O)(=O)NCC(O)C2CC2)c[nH]1. The van der Waals surface area contributed by atoms with Gasteiger partial charge in [-0.1, -0.05) is 0 Å². The van der Waals surface area contributed by atoms with E-state index in [2.05, 4.69) is 9.71 Å². The second-order valence-electron chi connectivity index (χ2n) is 4.31. The molecule has 2 rings (SSSR count). The standard InChI is InChI=1S/C10H14N2O5S/c13-9(6-1-2-6)5-12-18(16,17)7-3-8(10(14)15)11-4-7/h3-4,6,9,11-13H,1-2,5H2,(H,14,15). The van der Waals surface area contributed by atoms with E-state index in [4.69, 9.17) is 5.11 Å². The number of hydrogen-bond donors (Lipinski definition) is 4. The summed E-state index contributed by atoms with van der Waals surface area (Å²) >= 11 is 0. The van der Waals surface area contributed by atoms with Crippen molar-refractivity contribution in [1.82, 2.24) is 9.71 Å². The zero-order valence-corrected chi connectivity index (χ0v) is 10.3. The van der Waals surface area contributed by atoms with E-state index >= 15 is 0 Å². The van der Waals surface area contributed by atoms with Crippen molar-refractivity contribution in [2.75, 3.05) is 6.54 Å². The molecule has 1 heterocycles. The maximum absolute atomic E-state index is 11.8. The molecule has 1 aromatic heterocycles. The third-order valence-electron chi connectivity index (χ3n) is 2.85. The second kappa shape index (κ2) is 4.71. The Balaban J connectivity index is 2.02. The molecule has 7 nitrogen and oxygen atoms in total. The summed E-state index contributed by atoms with van der Waals surface area (Å²) in [6, 6.07) is 1.04. The Labute approximate surface area is 104 Å². The Morgan fingerprint density at radius 1 is 1.56 bits per heavy atom. The fourth-order valence-electron chi connectivity index (χ4n) is 1.58. The topological polar surface area (TPSA) is 119 Å². The van der Waals surface area contributed by atoms with E-state index in [0.29, 0.717) is 0 Å². The van der Waals surface area contributed by atoms with Crippen LogP contribution in [0.3, 0.4) is 0 Å². The molecule has 1 aliphatic rings. The Morgan fingerprint density at radius 2 is 2.22 bits per heavy atom. The van der Waals surface area contributed by atoms with E-state index in [1.165, 1.54) is 0 Å². The first kappa shape index (κ1) is 13.1. The molecule has 0 aromatic carbocycles. The molecule has 8 heteroatoms. The number of aromatic carboxylic acids is 1. The van der Waals surface area contributed by atoms with Crippen LogP contribution in [0.1, 0.15) is 23.3 Å². The van der Waals surface area contributed by atoms with Gasteiger partial charge in [0, 0.05) is 12.7 Å². The van der Waals surface area contributed by atoms with Crippen LogP contribution in [0.15, 0.2) is 17.2 Å². The summed E-state index contributed by atoms with van der Waals surface area (Å²) in [6.45, 7) is -0.0550. The van der Waals surface area contributed by atoms with Gasteiger partial charge < -0.3 is 15.2 Å². The van der Waals surface area contributed by atoms with Crippen molar-refractivity contribution in [1.29, 1.82) is 0 Å². The lowest BCUT2D eigenvalue weighted by atomic mass is 10.2. The number of carbonyl (C=O) groups is 1. The lowest BCUT2D eigenvalue weighted by Gasteiger charge is -2.10. The zero-order valence-electron chi connectivity index (χ0n) is 9.46. The maximum atomic E-state index is 11.8. The largest absolute Gasteiger partial charge is 0.477 e. The Kier molecular flexibility index (Phi) is 3.42. The number of rotatable bonds is 6. The van der Waals surface area contributed by atoms with Gasteiger partial charge in [-0.2, -0.15) is 0 Å². The van der Waals surface area contributed by atoms with Gasteiger partial charge in [-0.15, -0.1) is 0 Å². The second-order valence-corrected chi connectivity index (χ2v) is 6.08. The fraction of sp³-hybridized carbons (Fsp3) is 0.500. The van der Waals surface area contributed by atoms with Crippen LogP contribution >= 0.6 is 0 Å². The lowest BCUT2D eigenvalue weighted by Crippen LogP contribution is -2.33. The fourth-order valence-corrected chi connectivity index (χ4v) is 2.62. The third kappa shape index (κ3) is 2.89. The van der Waals surface area contributed by atoms with Crippen LogP contribution in [0, 0.1) is 5.92 Å². The number of aliphatic hydroxyl groups is 1. The van der Waals surface area contributed by atoms with Crippen LogP contribution < -0.4 is 4.72 Å². The summed E-state index contributed by atoms with van der Waals surface area (Å²) in [5.41, 5.74) is -0.196. The molecule has 1 atom stereocenters. The Bertz CT molecular complexity index is 546. The molecule has 1 unspecified atom stereocenters. The number of aromatic amines is 1. The Hall–Kier alpha value is -1.38. The normalized spacial score (nSPS) is 17.6. The minimum Gasteiger partial charge on any atom is -0.477 e.